The summed E-state index contributed by atoms with van der Waals surface area (Å²) >= 11 is 0. The molecule has 17 heavy (non-hydrogen) atoms. The van der Waals surface area contributed by atoms with Gasteiger partial charge in [0.05, 0.1) is 24.3 Å². The van der Waals surface area contributed by atoms with E-state index in [1.807, 2.05) is 6.07 Å². The van der Waals surface area contributed by atoms with Crippen LogP contribution in [0, 0.1) is 0 Å². The first-order valence-electron chi connectivity index (χ1n) is 5.52. The van der Waals surface area contributed by atoms with Crippen molar-refractivity contribution in [1.82, 2.24) is 4.98 Å². The van der Waals surface area contributed by atoms with Crippen LogP contribution >= 0.6 is 0 Å². The zero-order chi connectivity index (χ0) is 12.5. The van der Waals surface area contributed by atoms with Gasteiger partial charge in [-0.25, -0.2) is 13.4 Å². The number of ether oxygens (including phenoxy) is 1. The van der Waals surface area contributed by atoms with Gasteiger partial charge in [-0.05, 0) is 25.0 Å². The van der Waals surface area contributed by atoms with Crippen LogP contribution in [0.5, 0.6) is 5.88 Å². The second-order valence-electron chi connectivity index (χ2n) is 4.26. The van der Waals surface area contributed by atoms with Crippen LogP contribution in [0.3, 0.4) is 0 Å². The van der Waals surface area contributed by atoms with Crippen LogP contribution in [0.15, 0.2) is 12.1 Å². The Hall–Kier alpha value is -1.30. The molecule has 0 spiro atoms. The minimum atomic E-state index is -2.83. The molecule has 0 radical (unpaired) electrons. The van der Waals surface area contributed by atoms with E-state index in [-0.39, 0.29) is 17.4 Å². The van der Waals surface area contributed by atoms with E-state index in [9.17, 15) is 8.42 Å². The number of pyridine rings is 1. The zero-order valence-corrected chi connectivity index (χ0v) is 10.5. The summed E-state index contributed by atoms with van der Waals surface area (Å²) in [4.78, 5) is 4.32. The Morgan fingerprint density at radius 1 is 1.35 bits per heavy atom. The molecule has 2 rings (SSSR count). The highest BCUT2D eigenvalue weighted by atomic mass is 32.2. The maximum atomic E-state index is 11.3. The van der Waals surface area contributed by atoms with Gasteiger partial charge in [0.25, 0.3) is 0 Å². The quantitative estimate of drug-likeness (QED) is 0.852. The molecule has 2 N–H and O–H groups in total. The second kappa shape index (κ2) is 4.52. The summed E-state index contributed by atoms with van der Waals surface area (Å²) in [6, 6.07) is 3.60. The van der Waals surface area contributed by atoms with E-state index < -0.39 is 9.84 Å². The van der Waals surface area contributed by atoms with Gasteiger partial charge >= 0.3 is 0 Å². The number of sulfone groups is 1. The van der Waals surface area contributed by atoms with E-state index in [1.54, 1.807) is 6.07 Å². The topological polar surface area (TPSA) is 82.3 Å². The normalized spacial score (nSPS) is 20.1. The minimum absolute atomic E-state index is 0.188. The molecule has 0 aromatic carbocycles. The molecule has 6 heteroatoms. The molecule has 94 valence electrons. The number of nitrogens with two attached hydrogens (primary N) is 1. The van der Waals surface area contributed by atoms with Gasteiger partial charge in [0, 0.05) is 11.6 Å². The van der Waals surface area contributed by atoms with Gasteiger partial charge in [0.2, 0.25) is 5.88 Å². The van der Waals surface area contributed by atoms with Gasteiger partial charge in [0.1, 0.15) is 9.84 Å². The molecule has 2 heterocycles. The maximum absolute atomic E-state index is 11.3. The summed E-state index contributed by atoms with van der Waals surface area (Å²) < 4.78 is 27.7. The molecule has 1 aliphatic heterocycles. The van der Waals surface area contributed by atoms with Crippen LogP contribution < -0.4 is 10.5 Å². The van der Waals surface area contributed by atoms with Crippen LogP contribution in [0.4, 0.5) is 5.69 Å². The highest BCUT2D eigenvalue weighted by Gasteiger charge is 2.25. The number of rotatable bonds is 2. The van der Waals surface area contributed by atoms with Crippen LogP contribution in [0.25, 0.3) is 0 Å². The van der Waals surface area contributed by atoms with E-state index in [0.29, 0.717) is 24.4 Å². The number of hydrogen-bond acceptors (Lipinski definition) is 5. The monoisotopic (exact) mass is 256 g/mol. The van der Waals surface area contributed by atoms with Gasteiger partial charge in [0.15, 0.2) is 0 Å². The molecule has 5 nitrogen and oxygen atoms in total. The number of methoxy groups -OCH3 is 1. The third-order valence-corrected chi connectivity index (χ3v) is 4.79. The molecule has 1 aromatic rings. The van der Waals surface area contributed by atoms with E-state index in [0.717, 1.165) is 5.69 Å². The van der Waals surface area contributed by atoms with Crippen molar-refractivity contribution < 1.29 is 13.2 Å². The summed E-state index contributed by atoms with van der Waals surface area (Å²) in [5.74, 6) is 1.09. The van der Waals surface area contributed by atoms with Crippen molar-refractivity contribution in [2.45, 2.75) is 18.8 Å². The molecule has 0 saturated carbocycles. The predicted molar refractivity (Wildman–Crippen MR) is 65.8 cm³/mol. The summed E-state index contributed by atoms with van der Waals surface area (Å²) in [6.45, 7) is 0. The van der Waals surface area contributed by atoms with Crippen molar-refractivity contribution in [3.63, 3.8) is 0 Å². The Balaban J connectivity index is 2.19. The number of aromatic nitrogens is 1. The molecule has 0 atom stereocenters. The first kappa shape index (κ1) is 12.2. The summed E-state index contributed by atoms with van der Waals surface area (Å²) in [6.07, 6.45) is 1.25. The Kier molecular flexibility index (Phi) is 3.24. The summed E-state index contributed by atoms with van der Waals surface area (Å²) in [7, 11) is -1.31. The van der Waals surface area contributed by atoms with Crippen LogP contribution in [-0.4, -0.2) is 32.0 Å². The van der Waals surface area contributed by atoms with Crippen molar-refractivity contribution in [2.75, 3.05) is 24.3 Å². The lowest BCUT2D eigenvalue weighted by Crippen LogP contribution is -2.22. The highest BCUT2D eigenvalue weighted by Crippen LogP contribution is 2.30. The number of hydrogen-bond donors (Lipinski definition) is 1. The molecule has 0 aliphatic carbocycles. The summed E-state index contributed by atoms with van der Waals surface area (Å²) in [5.41, 5.74) is 7.06. The molecule has 1 aliphatic rings. The molecule has 1 fully saturated rings. The molecule has 1 aromatic heterocycles. The number of nitrogens with zero attached hydrogens (tertiary/aromatic N) is 1. The lowest BCUT2D eigenvalue weighted by atomic mass is 9.98. The van der Waals surface area contributed by atoms with Crippen molar-refractivity contribution in [1.29, 1.82) is 0 Å². The molecule has 0 bridgehead atoms. The predicted octanol–water partition coefficient (Wildman–Crippen LogP) is 0.965. The van der Waals surface area contributed by atoms with Crippen LogP contribution in [0.1, 0.15) is 24.5 Å². The SMILES string of the molecule is COc1nc(C2CCS(=O)(=O)CC2)ccc1N. The van der Waals surface area contributed by atoms with Gasteiger partial charge < -0.3 is 10.5 Å². The first-order chi connectivity index (χ1) is 8.02. The highest BCUT2D eigenvalue weighted by molar-refractivity contribution is 7.91. The average Bonchev–Trinajstić information content (AvgIpc) is 2.30. The molecular weight excluding hydrogens is 240 g/mol. The first-order valence-corrected chi connectivity index (χ1v) is 7.35. The van der Waals surface area contributed by atoms with Crippen molar-refractivity contribution in [3.05, 3.63) is 17.8 Å². The Labute approximate surface area is 101 Å². The number of nitrogen functional groups attached to an aromatic ring is 1. The Morgan fingerprint density at radius 3 is 2.59 bits per heavy atom. The average molecular weight is 256 g/mol. The second-order valence-corrected chi connectivity index (χ2v) is 6.56. The Morgan fingerprint density at radius 2 is 2.00 bits per heavy atom. The lowest BCUT2D eigenvalue weighted by molar-refractivity contribution is 0.396. The minimum Gasteiger partial charge on any atom is -0.480 e. The van der Waals surface area contributed by atoms with Gasteiger partial charge in [-0.1, -0.05) is 0 Å². The largest absolute Gasteiger partial charge is 0.480 e. The Bertz CT molecular complexity index is 499. The number of anilines is 1. The fourth-order valence-corrected chi connectivity index (χ4v) is 3.53. The fourth-order valence-electron chi connectivity index (χ4n) is 2.04. The van der Waals surface area contributed by atoms with E-state index in [1.165, 1.54) is 7.11 Å². The lowest BCUT2D eigenvalue weighted by Gasteiger charge is -2.21. The third kappa shape index (κ3) is 2.69. The third-order valence-electron chi connectivity index (χ3n) is 3.08. The van der Waals surface area contributed by atoms with E-state index in [2.05, 4.69) is 4.98 Å². The van der Waals surface area contributed by atoms with Gasteiger partial charge in [-0.2, -0.15) is 0 Å². The molecule has 0 unspecified atom stereocenters. The smallest absolute Gasteiger partial charge is 0.237 e. The standard InChI is InChI=1S/C11H16N2O3S/c1-16-11-9(12)2-3-10(13-11)8-4-6-17(14,15)7-5-8/h2-3,8H,4-7,12H2,1H3. The van der Waals surface area contributed by atoms with E-state index >= 15 is 0 Å². The molecule has 1 saturated heterocycles. The maximum Gasteiger partial charge on any atom is 0.237 e. The molecular formula is C11H16N2O3S. The van der Waals surface area contributed by atoms with Crippen molar-refractivity contribution in [3.8, 4) is 5.88 Å². The van der Waals surface area contributed by atoms with Crippen molar-refractivity contribution >= 4 is 15.5 Å². The van der Waals surface area contributed by atoms with E-state index in [4.69, 9.17) is 10.5 Å². The molecule has 0 amide bonds. The van der Waals surface area contributed by atoms with Crippen LogP contribution in [-0.2, 0) is 9.84 Å². The van der Waals surface area contributed by atoms with Gasteiger partial charge in [-0.15, -0.1) is 0 Å². The van der Waals surface area contributed by atoms with Crippen molar-refractivity contribution in [2.24, 2.45) is 0 Å². The zero-order valence-electron chi connectivity index (χ0n) is 9.72. The summed E-state index contributed by atoms with van der Waals surface area (Å²) in [5, 5.41) is 0. The fraction of sp³-hybridized carbons (Fsp3) is 0.545. The van der Waals surface area contributed by atoms with Gasteiger partial charge in [-0.3, -0.25) is 0 Å². The van der Waals surface area contributed by atoms with Crippen LogP contribution in [0.2, 0.25) is 0 Å².